The van der Waals surface area contributed by atoms with Crippen LogP contribution in [-0.2, 0) is 0 Å². The maximum Gasteiger partial charge on any atom is 0.323 e. The second-order valence-corrected chi connectivity index (χ2v) is 4.16. The fraction of sp³-hybridized carbons (Fsp3) is 0. The summed E-state index contributed by atoms with van der Waals surface area (Å²) in [7, 11) is 0. The monoisotopic (exact) mass is 288 g/mol. The zero-order valence-electron chi connectivity index (χ0n) is 10.9. The average molecular weight is 288 g/mol. The van der Waals surface area contributed by atoms with E-state index < -0.39 is 12.1 Å². The lowest BCUT2D eigenvalue weighted by Crippen LogP contribution is -2.21. The molecule has 5 N–H and O–H groups in total. The van der Waals surface area contributed by atoms with Gasteiger partial charge in [-0.3, -0.25) is 0 Å². The van der Waals surface area contributed by atoms with Gasteiger partial charge in [-0.1, -0.05) is 6.07 Å². The second-order valence-electron chi connectivity index (χ2n) is 4.16. The molecule has 2 rings (SSSR count). The molecule has 0 spiro atoms. The molecule has 0 atom stereocenters. The number of nitrogens with one attached hydrogen (secondary N) is 3. The fourth-order valence-corrected chi connectivity index (χ4v) is 1.64. The van der Waals surface area contributed by atoms with Crippen LogP contribution in [0, 0.1) is 5.82 Å². The number of rotatable bonds is 3. The first kappa shape index (κ1) is 14.3. The van der Waals surface area contributed by atoms with E-state index in [4.69, 9.17) is 5.73 Å². The van der Waals surface area contributed by atoms with E-state index in [2.05, 4.69) is 16.0 Å². The molecule has 0 unspecified atom stereocenters. The van der Waals surface area contributed by atoms with E-state index in [0.717, 1.165) is 0 Å². The lowest BCUT2D eigenvalue weighted by Gasteiger charge is -2.09. The van der Waals surface area contributed by atoms with Crippen molar-refractivity contribution in [1.29, 1.82) is 0 Å². The summed E-state index contributed by atoms with van der Waals surface area (Å²) >= 11 is 0. The van der Waals surface area contributed by atoms with Crippen LogP contribution < -0.4 is 21.7 Å². The van der Waals surface area contributed by atoms with Crippen molar-refractivity contribution >= 4 is 29.1 Å². The summed E-state index contributed by atoms with van der Waals surface area (Å²) in [5, 5.41) is 7.53. The van der Waals surface area contributed by atoms with Crippen molar-refractivity contribution in [3.05, 3.63) is 54.3 Å². The number of amides is 4. The summed E-state index contributed by atoms with van der Waals surface area (Å²) in [6.07, 6.45) is 0. The summed E-state index contributed by atoms with van der Waals surface area (Å²) in [4.78, 5) is 22.5. The molecule has 0 aliphatic carbocycles. The van der Waals surface area contributed by atoms with E-state index in [-0.39, 0.29) is 5.82 Å². The normalized spacial score (nSPS) is 9.76. The Bertz CT molecular complexity index is 658. The van der Waals surface area contributed by atoms with Crippen LogP contribution in [0.25, 0.3) is 0 Å². The van der Waals surface area contributed by atoms with Crippen LogP contribution in [0.3, 0.4) is 0 Å². The van der Waals surface area contributed by atoms with Gasteiger partial charge in [0.15, 0.2) is 0 Å². The Kier molecular flexibility index (Phi) is 4.35. The van der Waals surface area contributed by atoms with Crippen molar-refractivity contribution in [3.63, 3.8) is 0 Å². The average Bonchev–Trinajstić information content (AvgIpc) is 2.41. The van der Waals surface area contributed by atoms with E-state index in [1.165, 1.54) is 24.3 Å². The number of carbonyl (C=O) groups is 2. The van der Waals surface area contributed by atoms with Crippen LogP contribution in [0.15, 0.2) is 48.5 Å². The Morgan fingerprint density at radius 1 is 0.857 bits per heavy atom. The molecule has 0 saturated carbocycles. The lowest BCUT2D eigenvalue weighted by molar-refractivity contribution is 0.259. The smallest absolute Gasteiger partial charge is 0.323 e. The maximum atomic E-state index is 12.7. The Labute approximate surface area is 120 Å². The summed E-state index contributed by atoms with van der Waals surface area (Å²) in [5.41, 5.74) is 6.40. The molecule has 0 aliphatic heterocycles. The summed E-state index contributed by atoms with van der Waals surface area (Å²) in [6, 6.07) is 10.7. The van der Waals surface area contributed by atoms with Gasteiger partial charge in [-0.25, -0.2) is 14.0 Å². The first-order chi connectivity index (χ1) is 10.0. The highest BCUT2D eigenvalue weighted by Crippen LogP contribution is 2.15. The number of anilines is 3. The molecular weight excluding hydrogens is 275 g/mol. The van der Waals surface area contributed by atoms with Gasteiger partial charge in [0.2, 0.25) is 0 Å². The zero-order chi connectivity index (χ0) is 15.2. The highest BCUT2D eigenvalue weighted by Gasteiger charge is 2.04. The highest BCUT2D eigenvalue weighted by molar-refractivity contribution is 6.00. The number of benzene rings is 2. The molecule has 0 fully saturated rings. The Balaban J connectivity index is 1.99. The van der Waals surface area contributed by atoms with Crippen LogP contribution in [0.5, 0.6) is 0 Å². The lowest BCUT2D eigenvalue weighted by atomic mass is 10.3. The molecule has 2 aromatic rings. The van der Waals surface area contributed by atoms with Crippen LogP contribution in [0.4, 0.5) is 31.0 Å². The van der Waals surface area contributed by atoms with Crippen LogP contribution in [0.1, 0.15) is 0 Å². The first-order valence-electron chi connectivity index (χ1n) is 6.03. The van der Waals surface area contributed by atoms with Gasteiger partial charge in [-0.2, -0.15) is 0 Å². The van der Waals surface area contributed by atoms with Crippen LogP contribution in [-0.4, -0.2) is 12.1 Å². The molecule has 0 aliphatic rings. The van der Waals surface area contributed by atoms with E-state index in [9.17, 15) is 14.0 Å². The molecule has 7 heteroatoms. The topological polar surface area (TPSA) is 96.2 Å². The molecule has 0 heterocycles. The molecule has 0 saturated heterocycles. The number of hydrogen-bond acceptors (Lipinski definition) is 2. The van der Waals surface area contributed by atoms with Gasteiger partial charge in [0.25, 0.3) is 0 Å². The number of halogens is 1. The van der Waals surface area contributed by atoms with Gasteiger partial charge in [-0.15, -0.1) is 0 Å². The van der Waals surface area contributed by atoms with E-state index in [1.54, 1.807) is 24.3 Å². The molecule has 0 bridgehead atoms. The van der Waals surface area contributed by atoms with Crippen molar-refractivity contribution in [2.75, 3.05) is 16.0 Å². The maximum absolute atomic E-state index is 12.7. The number of nitrogens with two attached hydrogens (primary N) is 1. The van der Waals surface area contributed by atoms with Gasteiger partial charge >= 0.3 is 12.1 Å². The fourth-order valence-electron chi connectivity index (χ4n) is 1.64. The number of hydrogen-bond donors (Lipinski definition) is 4. The second kappa shape index (κ2) is 6.38. The quantitative estimate of drug-likeness (QED) is 0.698. The number of carbonyl (C=O) groups excluding carboxylic acids is 2. The van der Waals surface area contributed by atoms with E-state index in [0.29, 0.717) is 17.1 Å². The van der Waals surface area contributed by atoms with Crippen molar-refractivity contribution in [3.8, 4) is 0 Å². The summed E-state index contributed by atoms with van der Waals surface area (Å²) < 4.78 is 12.7. The predicted molar refractivity (Wildman–Crippen MR) is 78.7 cm³/mol. The zero-order valence-corrected chi connectivity index (χ0v) is 10.9. The Morgan fingerprint density at radius 2 is 1.43 bits per heavy atom. The molecule has 4 amide bonds. The summed E-state index contributed by atoms with van der Waals surface area (Å²) in [6.45, 7) is 0. The number of urea groups is 2. The molecule has 0 radical (unpaired) electrons. The highest BCUT2D eigenvalue weighted by atomic mass is 19.1. The minimum Gasteiger partial charge on any atom is -0.351 e. The third-order valence-corrected chi connectivity index (χ3v) is 2.49. The largest absolute Gasteiger partial charge is 0.351 e. The van der Waals surface area contributed by atoms with Gasteiger partial charge in [-0.05, 0) is 42.5 Å². The molecule has 2 aromatic carbocycles. The third kappa shape index (κ3) is 4.50. The van der Waals surface area contributed by atoms with Gasteiger partial charge in [0, 0.05) is 17.1 Å². The molecular formula is C14H13FN4O2. The van der Waals surface area contributed by atoms with Gasteiger partial charge < -0.3 is 21.7 Å². The predicted octanol–water partition coefficient (Wildman–Crippen LogP) is 2.96. The third-order valence-electron chi connectivity index (χ3n) is 2.49. The minimum absolute atomic E-state index is 0.383. The van der Waals surface area contributed by atoms with E-state index in [1.807, 2.05) is 0 Å². The number of primary amides is 1. The van der Waals surface area contributed by atoms with E-state index >= 15 is 0 Å². The first-order valence-corrected chi connectivity index (χ1v) is 6.03. The molecule has 6 nitrogen and oxygen atoms in total. The SMILES string of the molecule is NC(=O)Nc1cccc(NC(=O)Nc2ccc(F)cc2)c1. The Morgan fingerprint density at radius 3 is 2.05 bits per heavy atom. The standard InChI is InChI=1S/C14H13FN4O2/c15-9-4-6-10(7-5-9)18-14(21)19-12-3-1-2-11(8-12)17-13(16)20/h1-8H,(H3,16,17,20)(H2,18,19,21). The summed E-state index contributed by atoms with van der Waals surface area (Å²) in [5.74, 6) is -0.383. The van der Waals surface area contributed by atoms with Crippen LogP contribution in [0.2, 0.25) is 0 Å². The van der Waals surface area contributed by atoms with Crippen molar-refractivity contribution in [2.45, 2.75) is 0 Å². The van der Waals surface area contributed by atoms with Crippen LogP contribution >= 0.6 is 0 Å². The van der Waals surface area contributed by atoms with Gasteiger partial charge in [0.1, 0.15) is 5.82 Å². The Hall–Kier alpha value is -3.09. The molecule has 108 valence electrons. The van der Waals surface area contributed by atoms with Crippen molar-refractivity contribution in [2.24, 2.45) is 5.73 Å². The minimum atomic E-state index is -0.692. The molecule has 21 heavy (non-hydrogen) atoms. The van der Waals surface area contributed by atoms with Gasteiger partial charge in [0.05, 0.1) is 0 Å². The molecule has 0 aromatic heterocycles. The van der Waals surface area contributed by atoms with Crippen molar-refractivity contribution in [1.82, 2.24) is 0 Å². The van der Waals surface area contributed by atoms with Crippen molar-refractivity contribution < 1.29 is 14.0 Å².